The normalized spacial score (nSPS) is 11.5. The number of hydrogen-bond acceptors (Lipinski definition) is 3. The third-order valence-corrected chi connectivity index (χ3v) is 4.58. The van der Waals surface area contributed by atoms with Crippen LogP contribution in [0.4, 0.5) is 0 Å². The lowest BCUT2D eigenvalue weighted by Gasteiger charge is -2.22. The first kappa shape index (κ1) is 21.0. The summed E-state index contributed by atoms with van der Waals surface area (Å²) in [6, 6.07) is 13.9. The molecule has 0 atom stereocenters. The number of rotatable bonds is 7. The average molecular weight is 369 g/mol. The van der Waals surface area contributed by atoms with E-state index in [0.717, 1.165) is 11.3 Å². The van der Waals surface area contributed by atoms with Crippen LogP contribution < -0.4 is 9.47 Å². The van der Waals surface area contributed by atoms with Gasteiger partial charge in [0.15, 0.2) is 0 Å². The van der Waals surface area contributed by atoms with Crippen molar-refractivity contribution < 1.29 is 14.3 Å². The van der Waals surface area contributed by atoms with Crippen LogP contribution in [0.25, 0.3) is 0 Å². The molecule has 3 heteroatoms. The van der Waals surface area contributed by atoms with Gasteiger partial charge in [-0.3, -0.25) is 4.79 Å². The zero-order chi connectivity index (χ0) is 20.0. The van der Waals surface area contributed by atoms with Gasteiger partial charge in [0.1, 0.15) is 11.5 Å². The van der Waals surface area contributed by atoms with Crippen molar-refractivity contribution in [3.05, 3.63) is 59.2 Å². The number of hydrogen-bond donors (Lipinski definition) is 0. The van der Waals surface area contributed by atoms with E-state index < -0.39 is 0 Å². The second-order valence-corrected chi connectivity index (χ2v) is 8.35. The lowest BCUT2D eigenvalue weighted by Crippen LogP contribution is -2.16. The third-order valence-electron chi connectivity index (χ3n) is 4.58. The molecule has 0 N–H and O–H groups in total. The molecule has 0 fully saturated rings. The zero-order valence-corrected chi connectivity index (χ0v) is 17.5. The average Bonchev–Trinajstić information content (AvgIpc) is 2.58. The molecule has 2 aromatic rings. The molecule has 0 saturated heterocycles. The fourth-order valence-electron chi connectivity index (χ4n) is 3.14. The summed E-state index contributed by atoms with van der Waals surface area (Å²) in [7, 11) is 0. The van der Waals surface area contributed by atoms with E-state index in [1.54, 1.807) is 0 Å². The number of para-hydroxylation sites is 1. The number of carbonyl (C=O) groups excluding carboxylic acids is 1. The largest absolute Gasteiger partial charge is 0.494 e. The summed E-state index contributed by atoms with van der Waals surface area (Å²) in [4.78, 5) is 12.2. The molecule has 0 aliphatic carbocycles. The smallest absolute Gasteiger partial charge is 0.311 e. The second-order valence-electron chi connectivity index (χ2n) is 8.35. The van der Waals surface area contributed by atoms with Crippen LogP contribution in [0.1, 0.15) is 70.1 Å². The highest BCUT2D eigenvalue weighted by atomic mass is 16.5. The molecule has 0 aromatic heterocycles. The molecule has 0 aliphatic heterocycles. The quantitative estimate of drug-likeness (QED) is 0.332. The summed E-state index contributed by atoms with van der Waals surface area (Å²) in [6.45, 7) is 13.3. The molecule has 0 spiro atoms. The van der Waals surface area contributed by atoms with Crippen LogP contribution in [0, 0.1) is 6.92 Å². The molecule has 146 valence electrons. The fraction of sp³-hybridized carbons (Fsp3) is 0.458. The highest BCUT2D eigenvalue weighted by molar-refractivity contribution is 5.72. The van der Waals surface area contributed by atoms with E-state index in [9.17, 15) is 4.79 Å². The van der Waals surface area contributed by atoms with E-state index in [4.69, 9.17) is 9.47 Å². The van der Waals surface area contributed by atoms with Gasteiger partial charge in [0.2, 0.25) is 0 Å². The second kappa shape index (κ2) is 9.07. The Labute approximate surface area is 163 Å². The maximum Gasteiger partial charge on any atom is 0.311 e. The van der Waals surface area contributed by atoms with Gasteiger partial charge in [0.05, 0.1) is 6.61 Å². The van der Waals surface area contributed by atoms with Crippen molar-refractivity contribution in [3.63, 3.8) is 0 Å². The first-order valence-electron chi connectivity index (χ1n) is 9.72. The van der Waals surface area contributed by atoms with Crippen LogP contribution in [0.5, 0.6) is 11.5 Å². The number of carbonyl (C=O) groups is 1. The summed E-state index contributed by atoms with van der Waals surface area (Å²) in [5, 5.41) is 0. The third kappa shape index (κ3) is 6.13. The zero-order valence-electron chi connectivity index (χ0n) is 17.5. The molecule has 2 rings (SSSR count). The van der Waals surface area contributed by atoms with E-state index in [-0.39, 0.29) is 11.4 Å². The summed E-state index contributed by atoms with van der Waals surface area (Å²) in [5.74, 6) is 1.78. The van der Waals surface area contributed by atoms with Crippen molar-refractivity contribution in [3.8, 4) is 11.5 Å². The van der Waals surface area contributed by atoms with E-state index in [1.807, 2.05) is 30.3 Å². The molecular formula is C24H32O3. The van der Waals surface area contributed by atoms with Gasteiger partial charge in [-0.05, 0) is 54.0 Å². The van der Waals surface area contributed by atoms with Gasteiger partial charge in [0.25, 0.3) is 0 Å². The van der Waals surface area contributed by atoms with Gasteiger partial charge in [0, 0.05) is 12.0 Å². The monoisotopic (exact) mass is 368 g/mol. The van der Waals surface area contributed by atoms with Crippen LogP contribution in [0.3, 0.4) is 0 Å². The van der Waals surface area contributed by atoms with E-state index >= 15 is 0 Å². The Balaban J connectivity index is 1.83. The van der Waals surface area contributed by atoms with Crippen LogP contribution in [-0.4, -0.2) is 12.6 Å². The molecular weight excluding hydrogens is 336 g/mol. The van der Waals surface area contributed by atoms with Crippen molar-refractivity contribution >= 4 is 5.97 Å². The minimum absolute atomic E-state index is 0.0695. The van der Waals surface area contributed by atoms with Gasteiger partial charge in [-0.2, -0.15) is 0 Å². The summed E-state index contributed by atoms with van der Waals surface area (Å²) < 4.78 is 11.4. The van der Waals surface area contributed by atoms with Gasteiger partial charge >= 0.3 is 5.97 Å². The topological polar surface area (TPSA) is 35.5 Å². The Kier molecular flexibility index (Phi) is 7.06. The lowest BCUT2D eigenvalue weighted by molar-refractivity contribution is -0.134. The Morgan fingerprint density at radius 3 is 2.41 bits per heavy atom. The molecule has 0 bridgehead atoms. The van der Waals surface area contributed by atoms with Crippen LogP contribution in [0.15, 0.2) is 42.5 Å². The van der Waals surface area contributed by atoms with Crippen molar-refractivity contribution in [2.24, 2.45) is 0 Å². The predicted molar refractivity (Wildman–Crippen MR) is 111 cm³/mol. The van der Waals surface area contributed by atoms with Crippen LogP contribution in [0.2, 0.25) is 0 Å². The van der Waals surface area contributed by atoms with Crippen molar-refractivity contribution in [1.29, 1.82) is 0 Å². The maximum absolute atomic E-state index is 12.2. The first-order chi connectivity index (χ1) is 12.7. The van der Waals surface area contributed by atoms with Gasteiger partial charge in [-0.1, -0.05) is 58.9 Å². The Hall–Kier alpha value is -2.29. The van der Waals surface area contributed by atoms with Gasteiger partial charge in [-0.25, -0.2) is 0 Å². The number of benzene rings is 2. The van der Waals surface area contributed by atoms with Gasteiger partial charge < -0.3 is 9.47 Å². The Morgan fingerprint density at radius 2 is 1.78 bits per heavy atom. The molecule has 0 radical (unpaired) electrons. The van der Waals surface area contributed by atoms with E-state index in [1.165, 1.54) is 11.1 Å². The highest BCUT2D eigenvalue weighted by Gasteiger charge is 2.19. The van der Waals surface area contributed by atoms with E-state index in [0.29, 0.717) is 31.1 Å². The van der Waals surface area contributed by atoms with Crippen molar-refractivity contribution in [2.75, 3.05) is 6.61 Å². The summed E-state index contributed by atoms with van der Waals surface area (Å²) in [6.07, 6.45) is 0.961. The predicted octanol–water partition coefficient (Wildman–Crippen LogP) is 6.18. The Morgan fingerprint density at radius 1 is 1.07 bits per heavy atom. The number of esters is 1. The Bertz CT molecular complexity index is 769. The standard InChI is InChI=1S/C24H32O3/c1-17(2)20-14-13-19(16-18(20)3)26-15-9-12-23(25)27-22-11-8-7-10-21(22)24(4,5)6/h7-8,10-11,13-14,16-17H,9,12,15H2,1-6H3. The van der Waals surface area contributed by atoms with Crippen LogP contribution >= 0.6 is 0 Å². The molecule has 0 heterocycles. The first-order valence-corrected chi connectivity index (χ1v) is 9.72. The molecule has 27 heavy (non-hydrogen) atoms. The summed E-state index contributed by atoms with van der Waals surface area (Å²) >= 11 is 0. The lowest BCUT2D eigenvalue weighted by atomic mass is 9.86. The fourth-order valence-corrected chi connectivity index (χ4v) is 3.14. The van der Waals surface area contributed by atoms with E-state index in [2.05, 4.69) is 53.7 Å². The number of ether oxygens (including phenoxy) is 2. The SMILES string of the molecule is Cc1cc(OCCCC(=O)Oc2ccccc2C(C)(C)C)ccc1C(C)C. The molecule has 0 aliphatic rings. The molecule has 3 nitrogen and oxygen atoms in total. The maximum atomic E-state index is 12.2. The molecule has 2 aromatic carbocycles. The highest BCUT2D eigenvalue weighted by Crippen LogP contribution is 2.31. The minimum atomic E-state index is -0.221. The molecule has 0 saturated carbocycles. The van der Waals surface area contributed by atoms with Crippen molar-refractivity contribution in [2.45, 2.75) is 65.7 Å². The van der Waals surface area contributed by atoms with Gasteiger partial charge in [-0.15, -0.1) is 0 Å². The molecule has 0 amide bonds. The number of aryl methyl sites for hydroxylation is 1. The molecule has 0 unspecified atom stereocenters. The van der Waals surface area contributed by atoms with Crippen LogP contribution in [-0.2, 0) is 10.2 Å². The van der Waals surface area contributed by atoms with Crippen molar-refractivity contribution in [1.82, 2.24) is 0 Å². The minimum Gasteiger partial charge on any atom is -0.494 e. The summed E-state index contributed by atoms with van der Waals surface area (Å²) in [5.41, 5.74) is 3.54.